The first-order chi connectivity index (χ1) is 13.2. The zero-order chi connectivity index (χ0) is 18.6. The van der Waals surface area contributed by atoms with E-state index in [-0.39, 0.29) is 12.1 Å². The molecule has 1 saturated carbocycles. The predicted molar refractivity (Wildman–Crippen MR) is 102 cm³/mol. The summed E-state index contributed by atoms with van der Waals surface area (Å²) in [5, 5.41) is 22.6. The highest BCUT2D eigenvalue weighted by atomic mass is 16.5. The minimum absolute atomic E-state index is 0.106. The van der Waals surface area contributed by atoms with E-state index in [2.05, 4.69) is 15.5 Å². The van der Waals surface area contributed by atoms with Crippen LogP contribution in [0.15, 0.2) is 55.1 Å². The number of nitrogens with zero attached hydrogens (tertiary/aromatic N) is 4. The van der Waals surface area contributed by atoms with Crippen molar-refractivity contribution < 1.29 is 9.84 Å². The largest absolute Gasteiger partial charge is 0.497 e. The lowest BCUT2D eigenvalue weighted by Crippen LogP contribution is -2.35. The van der Waals surface area contributed by atoms with Gasteiger partial charge >= 0.3 is 0 Å². The zero-order valence-electron chi connectivity index (χ0n) is 15.4. The van der Waals surface area contributed by atoms with Crippen molar-refractivity contribution in [2.24, 2.45) is 5.92 Å². The number of aromatic nitrogens is 4. The number of nitrogens with one attached hydrogen (secondary N) is 1. The lowest BCUT2D eigenvalue weighted by Gasteiger charge is -2.15. The van der Waals surface area contributed by atoms with Crippen molar-refractivity contribution in [3.05, 3.63) is 60.7 Å². The number of hydrogen-bond acceptors (Lipinski definition) is 5. The monoisotopic (exact) mass is 367 g/mol. The van der Waals surface area contributed by atoms with Gasteiger partial charge < -0.3 is 15.2 Å². The van der Waals surface area contributed by atoms with Crippen LogP contribution in [0.4, 0.5) is 0 Å². The Morgan fingerprint density at radius 2 is 2.07 bits per heavy atom. The predicted octanol–water partition coefficient (Wildman–Crippen LogP) is 2.01. The second-order valence-electron chi connectivity index (χ2n) is 7.11. The minimum atomic E-state index is -0.317. The molecule has 2 N–H and O–H groups in total. The summed E-state index contributed by atoms with van der Waals surface area (Å²) in [5.74, 6) is 1.27. The van der Waals surface area contributed by atoms with E-state index in [0.717, 1.165) is 36.4 Å². The Balaban J connectivity index is 1.31. The normalized spacial score (nSPS) is 22.2. The highest BCUT2D eigenvalue weighted by Gasteiger charge is 2.32. The first-order valence-corrected chi connectivity index (χ1v) is 9.28. The molecule has 1 aromatic carbocycles. The Kier molecular flexibility index (Phi) is 5.22. The van der Waals surface area contributed by atoms with E-state index in [1.165, 1.54) is 0 Å². The Bertz CT molecular complexity index is 844. The number of ether oxygens (including phenoxy) is 1. The van der Waals surface area contributed by atoms with Gasteiger partial charge in [0.15, 0.2) is 0 Å². The Morgan fingerprint density at radius 1 is 1.22 bits per heavy atom. The SMILES string of the molecule is COc1ccc(-n2cc(CN[C@@H]3CC(Cn4cccn4)C[C@H]3O)cn2)cc1. The van der Waals surface area contributed by atoms with E-state index < -0.39 is 0 Å². The fourth-order valence-corrected chi connectivity index (χ4v) is 3.74. The van der Waals surface area contributed by atoms with Crippen molar-refractivity contribution in [1.29, 1.82) is 0 Å². The molecule has 27 heavy (non-hydrogen) atoms. The molecule has 4 rings (SSSR count). The zero-order valence-corrected chi connectivity index (χ0v) is 15.4. The molecule has 0 radical (unpaired) electrons. The Labute approximate surface area is 158 Å². The molecule has 2 heterocycles. The van der Waals surface area contributed by atoms with Crippen molar-refractivity contribution in [3.63, 3.8) is 0 Å². The number of hydrogen-bond donors (Lipinski definition) is 2. The molecule has 7 heteroatoms. The van der Waals surface area contributed by atoms with Gasteiger partial charge in [-0.15, -0.1) is 0 Å². The van der Waals surface area contributed by atoms with Crippen LogP contribution in [0, 0.1) is 5.92 Å². The summed E-state index contributed by atoms with van der Waals surface area (Å²) in [5.41, 5.74) is 2.08. The Hall–Kier alpha value is -2.64. The summed E-state index contributed by atoms with van der Waals surface area (Å²) in [6.45, 7) is 1.55. The van der Waals surface area contributed by atoms with Crippen LogP contribution in [0.1, 0.15) is 18.4 Å². The molecule has 142 valence electrons. The van der Waals surface area contributed by atoms with Crippen molar-refractivity contribution in [1.82, 2.24) is 24.9 Å². The molecule has 1 aliphatic rings. The van der Waals surface area contributed by atoms with Crippen LogP contribution < -0.4 is 10.1 Å². The van der Waals surface area contributed by atoms with Crippen LogP contribution in [-0.4, -0.2) is 43.9 Å². The molecule has 0 aliphatic heterocycles. The second kappa shape index (κ2) is 7.94. The fraction of sp³-hybridized carbons (Fsp3) is 0.400. The van der Waals surface area contributed by atoms with Gasteiger partial charge in [-0.2, -0.15) is 10.2 Å². The van der Waals surface area contributed by atoms with Gasteiger partial charge in [-0.3, -0.25) is 4.68 Å². The van der Waals surface area contributed by atoms with Gasteiger partial charge in [0, 0.05) is 43.3 Å². The number of aliphatic hydroxyl groups is 1. The first-order valence-electron chi connectivity index (χ1n) is 9.28. The first kappa shape index (κ1) is 17.8. The molecule has 3 atom stereocenters. The summed E-state index contributed by atoms with van der Waals surface area (Å²) in [6, 6.07) is 9.83. The summed E-state index contributed by atoms with van der Waals surface area (Å²) in [7, 11) is 1.66. The maximum Gasteiger partial charge on any atom is 0.119 e. The molecule has 2 aromatic heterocycles. The molecule has 0 bridgehead atoms. The quantitative estimate of drug-likeness (QED) is 0.668. The summed E-state index contributed by atoms with van der Waals surface area (Å²) >= 11 is 0. The highest BCUT2D eigenvalue weighted by Crippen LogP contribution is 2.27. The van der Waals surface area contributed by atoms with Crippen molar-refractivity contribution in [2.75, 3.05) is 7.11 Å². The standard InChI is InChI=1S/C20H25N5O2/c1-27-18-5-3-17(4-6-18)25-14-16(12-23-25)11-21-19-9-15(10-20(19)26)13-24-8-2-7-22-24/h2-8,12,14-15,19-21,26H,9-11,13H2,1H3/t15?,19-,20-/m1/s1. The third-order valence-corrected chi connectivity index (χ3v) is 5.17. The van der Waals surface area contributed by atoms with Crippen molar-refractivity contribution in [2.45, 2.75) is 38.1 Å². The van der Waals surface area contributed by atoms with Crippen LogP contribution >= 0.6 is 0 Å². The lowest BCUT2D eigenvalue weighted by atomic mass is 10.1. The van der Waals surface area contributed by atoms with Crippen molar-refractivity contribution in [3.8, 4) is 11.4 Å². The fourth-order valence-electron chi connectivity index (χ4n) is 3.74. The van der Waals surface area contributed by atoms with Crippen LogP contribution in [0.3, 0.4) is 0 Å². The molecule has 0 saturated heterocycles. The van der Waals surface area contributed by atoms with Crippen LogP contribution in [-0.2, 0) is 13.1 Å². The van der Waals surface area contributed by atoms with Gasteiger partial charge in [0.25, 0.3) is 0 Å². The van der Waals surface area contributed by atoms with E-state index in [0.29, 0.717) is 12.5 Å². The minimum Gasteiger partial charge on any atom is -0.497 e. The number of rotatable bonds is 7. The molecule has 1 unspecified atom stereocenters. The van der Waals surface area contributed by atoms with E-state index >= 15 is 0 Å². The third-order valence-electron chi connectivity index (χ3n) is 5.17. The van der Waals surface area contributed by atoms with E-state index in [1.807, 2.05) is 58.3 Å². The van der Waals surface area contributed by atoms with Gasteiger partial charge in [0.1, 0.15) is 5.75 Å². The number of benzene rings is 1. The van der Waals surface area contributed by atoms with Gasteiger partial charge in [-0.1, -0.05) is 0 Å². The Morgan fingerprint density at radius 3 is 2.81 bits per heavy atom. The van der Waals surface area contributed by atoms with E-state index in [1.54, 1.807) is 13.3 Å². The van der Waals surface area contributed by atoms with Gasteiger partial charge in [0.2, 0.25) is 0 Å². The molecule has 0 spiro atoms. The summed E-state index contributed by atoms with van der Waals surface area (Å²) < 4.78 is 8.98. The van der Waals surface area contributed by atoms with Crippen molar-refractivity contribution >= 4 is 0 Å². The van der Waals surface area contributed by atoms with Gasteiger partial charge in [0.05, 0.1) is 25.1 Å². The molecule has 7 nitrogen and oxygen atoms in total. The van der Waals surface area contributed by atoms with Crippen LogP contribution in [0.25, 0.3) is 5.69 Å². The average Bonchev–Trinajstić information content (AvgIpc) is 3.42. The highest BCUT2D eigenvalue weighted by molar-refractivity contribution is 5.37. The maximum absolute atomic E-state index is 10.4. The van der Waals surface area contributed by atoms with E-state index in [9.17, 15) is 5.11 Å². The number of methoxy groups -OCH3 is 1. The van der Waals surface area contributed by atoms with Gasteiger partial charge in [-0.05, 0) is 49.1 Å². The molecule has 1 fully saturated rings. The lowest BCUT2D eigenvalue weighted by molar-refractivity contribution is 0.145. The maximum atomic E-state index is 10.4. The molecule has 0 amide bonds. The topological polar surface area (TPSA) is 77.1 Å². The second-order valence-corrected chi connectivity index (χ2v) is 7.11. The molecular weight excluding hydrogens is 342 g/mol. The van der Waals surface area contributed by atoms with Gasteiger partial charge in [-0.25, -0.2) is 4.68 Å². The van der Waals surface area contributed by atoms with E-state index in [4.69, 9.17) is 4.74 Å². The van der Waals surface area contributed by atoms with Crippen LogP contribution in [0.2, 0.25) is 0 Å². The molecular formula is C20H25N5O2. The summed E-state index contributed by atoms with van der Waals surface area (Å²) in [4.78, 5) is 0. The average molecular weight is 367 g/mol. The summed E-state index contributed by atoms with van der Waals surface area (Å²) in [6.07, 6.45) is 9.08. The van der Waals surface area contributed by atoms with Crippen LogP contribution in [0.5, 0.6) is 5.75 Å². The smallest absolute Gasteiger partial charge is 0.119 e. The molecule has 3 aromatic rings. The molecule has 1 aliphatic carbocycles. The number of aliphatic hydroxyl groups excluding tert-OH is 1. The third kappa shape index (κ3) is 4.20.